The Morgan fingerprint density at radius 3 is 2.76 bits per heavy atom. The maximum absolute atomic E-state index is 15.0. The molecule has 4 rings (SSSR count). The Balaban J connectivity index is 1.79. The number of hydrogen-bond acceptors (Lipinski definition) is 7. The van der Waals surface area contributed by atoms with Gasteiger partial charge < -0.3 is 24.8 Å². The molecule has 1 aliphatic heterocycles. The van der Waals surface area contributed by atoms with Gasteiger partial charge >= 0.3 is 0 Å². The van der Waals surface area contributed by atoms with Gasteiger partial charge in [-0.25, -0.2) is 28.1 Å². The van der Waals surface area contributed by atoms with E-state index in [9.17, 15) is 19.0 Å². The van der Waals surface area contributed by atoms with Crippen LogP contribution in [-0.2, 0) is 16.9 Å². The summed E-state index contributed by atoms with van der Waals surface area (Å²) < 4.78 is 47.9. The third-order valence-corrected chi connectivity index (χ3v) is 5.61. The lowest BCUT2D eigenvalue weighted by molar-refractivity contribution is -0.0136. The molecule has 0 unspecified atom stereocenters. The molecule has 2 aromatic heterocycles. The lowest BCUT2D eigenvalue weighted by Crippen LogP contribution is -2.42. The first-order valence-corrected chi connectivity index (χ1v) is 10.7. The molecule has 8 nitrogen and oxygen atoms in total. The normalized spacial score (nSPS) is 19.4. The molecule has 0 amide bonds. The lowest BCUT2D eigenvalue weighted by atomic mass is 10.1. The molecule has 3 N–H and O–H groups in total. The second-order valence-electron chi connectivity index (χ2n) is 8.39. The lowest BCUT2D eigenvalue weighted by Gasteiger charge is -2.28. The number of alkyl halides is 2. The standard InChI is InChI=1S/C21H23ClF3N5O3/c1-21(2,32)19-28-18-12(23)5-10(6-14(18)30(19)8-16(24)25)17-11(22)7-26-20(29-17)27-13-3-4-33-9-15(13)31/h5-7,13,15-16,31-32H,3-4,8-9H2,1-2H3,(H,26,27,29)/t13-,15-/m1/s1. The fraction of sp³-hybridized carbons (Fsp3) is 0.476. The molecule has 3 heterocycles. The SMILES string of the molecule is CC(C)(O)c1nc2c(F)cc(-c3nc(N[C@@H]4CCOC[C@H]4O)ncc3Cl)cc2n1CC(F)F. The number of rotatable bonds is 6. The highest BCUT2D eigenvalue weighted by Gasteiger charge is 2.28. The second-order valence-corrected chi connectivity index (χ2v) is 8.80. The van der Waals surface area contributed by atoms with Gasteiger partial charge in [-0.15, -0.1) is 0 Å². The average Bonchev–Trinajstić information content (AvgIpc) is 3.10. The Morgan fingerprint density at radius 2 is 2.09 bits per heavy atom. The molecule has 12 heteroatoms. The van der Waals surface area contributed by atoms with Gasteiger partial charge in [0.1, 0.15) is 16.9 Å². The van der Waals surface area contributed by atoms with Crippen molar-refractivity contribution in [2.24, 2.45) is 0 Å². The zero-order chi connectivity index (χ0) is 23.9. The number of benzene rings is 1. The van der Waals surface area contributed by atoms with Crippen molar-refractivity contribution in [3.8, 4) is 11.3 Å². The summed E-state index contributed by atoms with van der Waals surface area (Å²) in [6, 6.07) is 2.26. The highest BCUT2D eigenvalue weighted by atomic mass is 35.5. The molecule has 0 aliphatic carbocycles. The molecule has 0 spiro atoms. The number of aliphatic hydroxyl groups is 2. The van der Waals surface area contributed by atoms with Gasteiger partial charge in [-0.05, 0) is 32.4 Å². The highest BCUT2D eigenvalue weighted by Crippen LogP contribution is 2.33. The van der Waals surface area contributed by atoms with E-state index in [-0.39, 0.29) is 51.7 Å². The van der Waals surface area contributed by atoms with Crippen molar-refractivity contribution >= 4 is 28.6 Å². The Bertz CT molecular complexity index is 1170. The van der Waals surface area contributed by atoms with E-state index in [0.717, 1.165) is 10.6 Å². The van der Waals surface area contributed by atoms with E-state index in [1.54, 1.807) is 0 Å². The van der Waals surface area contributed by atoms with Crippen molar-refractivity contribution in [3.05, 3.63) is 35.0 Å². The van der Waals surface area contributed by atoms with Gasteiger partial charge in [0.15, 0.2) is 5.82 Å². The number of ether oxygens (including phenoxy) is 1. The molecule has 0 bridgehead atoms. The molecule has 3 aromatic rings. The van der Waals surface area contributed by atoms with Crippen molar-refractivity contribution in [1.29, 1.82) is 0 Å². The van der Waals surface area contributed by atoms with Crippen LogP contribution >= 0.6 is 11.6 Å². The van der Waals surface area contributed by atoms with Crippen molar-refractivity contribution in [3.63, 3.8) is 0 Å². The van der Waals surface area contributed by atoms with Crippen LogP contribution in [-0.4, -0.2) is 61.5 Å². The van der Waals surface area contributed by atoms with E-state index < -0.39 is 30.5 Å². The van der Waals surface area contributed by atoms with Gasteiger partial charge in [-0.3, -0.25) is 0 Å². The molecule has 1 fully saturated rings. The first-order valence-electron chi connectivity index (χ1n) is 10.3. The fourth-order valence-electron chi connectivity index (χ4n) is 3.80. The van der Waals surface area contributed by atoms with E-state index in [2.05, 4.69) is 20.3 Å². The van der Waals surface area contributed by atoms with Gasteiger partial charge in [0.05, 0.1) is 47.7 Å². The number of aliphatic hydroxyl groups excluding tert-OH is 1. The molecule has 0 saturated carbocycles. The zero-order valence-corrected chi connectivity index (χ0v) is 18.7. The zero-order valence-electron chi connectivity index (χ0n) is 17.9. The number of imidazole rings is 1. The summed E-state index contributed by atoms with van der Waals surface area (Å²) in [6.07, 6.45) is -1.63. The molecular formula is C21H23ClF3N5O3. The van der Waals surface area contributed by atoms with E-state index in [4.69, 9.17) is 16.3 Å². The van der Waals surface area contributed by atoms with Crippen LogP contribution in [0.3, 0.4) is 0 Å². The summed E-state index contributed by atoms with van der Waals surface area (Å²) in [5.74, 6) is -0.692. The third kappa shape index (κ3) is 4.91. The number of fused-ring (bicyclic) bond motifs is 1. The second kappa shape index (κ2) is 9.05. The summed E-state index contributed by atoms with van der Waals surface area (Å²) in [6.45, 7) is 2.65. The largest absolute Gasteiger partial charge is 0.389 e. The van der Waals surface area contributed by atoms with Crippen LogP contribution in [0.2, 0.25) is 5.02 Å². The van der Waals surface area contributed by atoms with E-state index in [1.807, 2.05) is 0 Å². The van der Waals surface area contributed by atoms with Crippen LogP contribution in [0.15, 0.2) is 18.3 Å². The van der Waals surface area contributed by atoms with E-state index in [1.165, 1.54) is 26.1 Å². The number of aromatic nitrogens is 4. The monoisotopic (exact) mass is 485 g/mol. The minimum atomic E-state index is -2.75. The van der Waals surface area contributed by atoms with Gasteiger partial charge in [-0.2, -0.15) is 0 Å². The average molecular weight is 486 g/mol. The topological polar surface area (TPSA) is 105 Å². The first-order chi connectivity index (χ1) is 15.5. The van der Waals surface area contributed by atoms with Crippen LogP contribution < -0.4 is 5.32 Å². The van der Waals surface area contributed by atoms with Crippen molar-refractivity contribution in [1.82, 2.24) is 19.5 Å². The van der Waals surface area contributed by atoms with Gasteiger partial charge in [0.25, 0.3) is 6.43 Å². The van der Waals surface area contributed by atoms with Crippen molar-refractivity contribution < 1.29 is 28.1 Å². The summed E-state index contributed by atoms with van der Waals surface area (Å²) >= 11 is 6.28. The van der Waals surface area contributed by atoms with E-state index >= 15 is 4.39 Å². The minimum absolute atomic E-state index is 0.0754. The molecule has 0 radical (unpaired) electrons. The van der Waals surface area contributed by atoms with Crippen LogP contribution in [0.4, 0.5) is 19.1 Å². The summed E-state index contributed by atoms with van der Waals surface area (Å²) in [5.41, 5.74) is -1.25. The van der Waals surface area contributed by atoms with Crippen LogP contribution in [0.25, 0.3) is 22.3 Å². The number of anilines is 1. The number of hydrogen-bond donors (Lipinski definition) is 3. The summed E-state index contributed by atoms with van der Waals surface area (Å²) in [4.78, 5) is 12.6. The number of nitrogens with zero attached hydrogens (tertiary/aromatic N) is 4. The van der Waals surface area contributed by atoms with E-state index in [0.29, 0.717) is 13.0 Å². The molecule has 178 valence electrons. The fourth-order valence-corrected chi connectivity index (χ4v) is 4.00. The third-order valence-electron chi connectivity index (χ3n) is 5.33. The molecule has 1 aliphatic rings. The number of nitrogens with one attached hydrogen (secondary N) is 1. The molecular weight excluding hydrogens is 463 g/mol. The van der Waals surface area contributed by atoms with Gasteiger partial charge in [0, 0.05) is 12.2 Å². The van der Waals surface area contributed by atoms with Crippen LogP contribution in [0.5, 0.6) is 0 Å². The summed E-state index contributed by atoms with van der Waals surface area (Å²) in [7, 11) is 0. The quantitative estimate of drug-likeness (QED) is 0.491. The minimum Gasteiger partial charge on any atom is -0.389 e. The predicted octanol–water partition coefficient (Wildman–Crippen LogP) is 3.34. The first kappa shape index (κ1) is 23.7. The maximum atomic E-state index is 15.0. The molecule has 1 aromatic carbocycles. The Morgan fingerprint density at radius 1 is 1.33 bits per heavy atom. The number of halogens is 4. The van der Waals surface area contributed by atoms with Crippen molar-refractivity contribution in [2.75, 3.05) is 18.5 Å². The molecule has 2 atom stereocenters. The van der Waals surface area contributed by atoms with Crippen molar-refractivity contribution in [2.45, 2.75) is 51.0 Å². The van der Waals surface area contributed by atoms with Crippen LogP contribution in [0.1, 0.15) is 26.1 Å². The van der Waals surface area contributed by atoms with Crippen LogP contribution in [0, 0.1) is 5.82 Å². The van der Waals surface area contributed by atoms with Gasteiger partial charge in [0.2, 0.25) is 5.95 Å². The van der Waals surface area contributed by atoms with Gasteiger partial charge in [-0.1, -0.05) is 11.6 Å². The molecule has 1 saturated heterocycles. The maximum Gasteiger partial charge on any atom is 0.256 e. The molecule has 33 heavy (non-hydrogen) atoms. The highest BCUT2D eigenvalue weighted by molar-refractivity contribution is 6.33. The predicted molar refractivity (Wildman–Crippen MR) is 116 cm³/mol. The Hall–Kier alpha value is -2.47. The smallest absolute Gasteiger partial charge is 0.256 e. The Kier molecular flexibility index (Phi) is 6.50. The Labute approximate surface area is 192 Å². The summed E-state index contributed by atoms with van der Waals surface area (Å²) in [5, 5.41) is 23.6.